The Kier molecular flexibility index (Phi) is 7.85. The highest BCUT2D eigenvalue weighted by Gasteiger charge is 2.06. The van der Waals surface area contributed by atoms with Crippen LogP contribution in [0.5, 0.6) is 5.75 Å². The summed E-state index contributed by atoms with van der Waals surface area (Å²) in [5.74, 6) is 1.19. The molecule has 0 amide bonds. The second-order valence-electron chi connectivity index (χ2n) is 3.64. The van der Waals surface area contributed by atoms with Gasteiger partial charge in [0.1, 0.15) is 12.4 Å². The quantitative estimate of drug-likeness (QED) is 0.797. The van der Waals surface area contributed by atoms with Crippen LogP contribution in [-0.2, 0) is 4.79 Å². The van der Waals surface area contributed by atoms with Gasteiger partial charge in [0.15, 0.2) is 6.29 Å². The second kappa shape index (κ2) is 8.62. The van der Waals surface area contributed by atoms with Crippen molar-refractivity contribution >= 4 is 12.0 Å². The molecule has 96 valence electrons. The van der Waals surface area contributed by atoms with Crippen molar-refractivity contribution in [3.05, 3.63) is 23.8 Å². The normalized spacial score (nSPS) is 9.29. The monoisotopic (exact) mass is 237 g/mol. The van der Waals surface area contributed by atoms with Crippen molar-refractivity contribution in [1.29, 1.82) is 0 Å². The first-order chi connectivity index (χ1) is 8.19. The molecule has 0 aliphatic heterocycles. The minimum absolute atomic E-state index is 0.0935. The summed E-state index contributed by atoms with van der Waals surface area (Å²) in [4.78, 5) is 10.3. The van der Waals surface area contributed by atoms with Crippen molar-refractivity contribution in [3.8, 4) is 5.75 Å². The molecule has 0 heterocycles. The number of anilines is 1. The highest BCUT2D eigenvalue weighted by atomic mass is 16.5. The van der Waals surface area contributed by atoms with Crippen LogP contribution in [-0.4, -0.2) is 19.9 Å². The molecule has 3 nitrogen and oxygen atoms in total. The van der Waals surface area contributed by atoms with Crippen LogP contribution in [0.15, 0.2) is 18.2 Å². The number of rotatable bonds is 5. The Balaban J connectivity index is 0.00000121. The van der Waals surface area contributed by atoms with Gasteiger partial charge in [0.25, 0.3) is 0 Å². The average molecular weight is 237 g/mol. The summed E-state index contributed by atoms with van der Waals surface area (Å²) in [5.41, 5.74) is 2.11. The van der Waals surface area contributed by atoms with Crippen molar-refractivity contribution < 1.29 is 9.53 Å². The molecule has 1 aromatic rings. The van der Waals surface area contributed by atoms with Crippen LogP contribution in [0.4, 0.5) is 5.69 Å². The van der Waals surface area contributed by atoms with Crippen molar-refractivity contribution in [2.24, 2.45) is 0 Å². The van der Waals surface area contributed by atoms with E-state index >= 15 is 0 Å². The maximum Gasteiger partial charge on any atom is 0.157 e. The van der Waals surface area contributed by atoms with Crippen LogP contribution in [0.1, 0.15) is 39.2 Å². The van der Waals surface area contributed by atoms with Gasteiger partial charge in [-0.2, -0.15) is 0 Å². The van der Waals surface area contributed by atoms with E-state index in [1.165, 1.54) is 5.56 Å². The third kappa shape index (κ3) is 4.89. The van der Waals surface area contributed by atoms with Crippen molar-refractivity contribution in [1.82, 2.24) is 0 Å². The fraction of sp³-hybridized carbons (Fsp3) is 0.500. The maximum absolute atomic E-state index is 10.3. The number of nitrogens with one attached hydrogen (secondary N) is 1. The zero-order valence-corrected chi connectivity index (χ0v) is 11.4. The van der Waals surface area contributed by atoms with Gasteiger partial charge in [0, 0.05) is 7.05 Å². The summed E-state index contributed by atoms with van der Waals surface area (Å²) < 4.78 is 5.34. The number of carbonyl (C=O) groups excluding carboxylic acids is 1. The van der Waals surface area contributed by atoms with Gasteiger partial charge < -0.3 is 10.1 Å². The van der Waals surface area contributed by atoms with E-state index in [1.54, 1.807) is 0 Å². The molecule has 0 aromatic heterocycles. The summed E-state index contributed by atoms with van der Waals surface area (Å²) >= 11 is 0. The first-order valence-electron chi connectivity index (χ1n) is 6.07. The predicted octanol–water partition coefficient (Wildman–Crippen LogP) is 3.46. The molecule has 1 rings (SSSR count). The topological polar surface area (TPSA) is 38.3 Å². The van der Waals surface area contributed by atoms with Crippen molar-refractivity contribution in [3.63, 3.8) is 0 Å². The molecule has 0 aliphatic rings. The molecule has 0 radical (unpaired) electrons. The van der Waals surface area contributed by atoms with Crippen molar-refractivity contribution in [2.45, 2.75) is 33.6 Å². The summed E-state index contributed by atoms with van der Waals surface area (Å²) in [6.07, 6.45) is 0.751. The van der Waals surface area contributed by atoms with E-state index in [1.807, 2.05) is 33.0 Å². The summed E-state index contributed by atoms with van der Waals surface area (Å²) in [5, 5.41) is 3.03. The minimum atomic E-state index is 0.0935. The Morgan fingerprint density at radius 1 is 1.35 bits per heavy atom. The Labute approximate surface area is 104 Å². The fourth-order valence-electron chi connectivity index (χ4n) is 1.35. The minimum Gasteiger partial charge on any atom is -0.484 e. The predicted molar refractivity (Wildman–Crippen MR) is 73.0 cm³/mol. The first kappa shape index (κ1) is 15.5. The molecule has 0 bridgehead atoms. The van der Waals surface area contributed by atoms with E-state index < -0.39 is 0 Å². The molecule has 0 atom stereocenters. The lowest BCUT2D eigenvalue weighted by Gasteiger charge is -2.12. The average Bonchev–Trinajstić information content (AvgIpc) is 2.38. The number of hydrogen-bond acceptors (Lipinski definition) is 3. The Bertz CT molecular complexity index is 335. The van der Waals surface area contributed by atoms with E-state index in [2.05, 4.69) is 25.2 Å². The van der Waals surface area contributed by atoms with Gasteiger partial charge in [-0.25, -0.2) is 0 Å². The Hall–Kier alpha value is -1.51. The smallest absolute Gasteiger partial charge is 0.157 e. The molecule has 1 N–H and O–H groups in total. The van der Waals surface area contributed by atoms with Gasteiger partial charge in [-0.3, -0.25) is 4.79 Å². The molecule has 0 spiro atoms. The number of hydrogen-bond donors (Lipinski definition) is 1. The lowest BCUT2D eigenvalue weighted by molar-refractivity contribution is -0.109. The van der Waals surface area contributed by atoms with Gasteiger partial charge in [0.2, 0.25) is 0 Å². The lowest BCUT2D eigenvalue weighted by Crippen LogP contribution is -2.02. The molecule has 0 aliphatic carbocycles. The largest absolute Gasteiger partial charge is 0.484 e. The highest BCUT2D eigenvalue weighted by molar-refractivity contribution is 5.59. The molecular weight excluding hydrogens is 214 g/mol. The number of aldehydes is 1. The summed E-state index contributed by atoms with van der Waals surface area (Å²) in [6, 6.07) is 6.00. The van der Waals surface area contributed by atoms with Crippen LogP contribution in [0.2, 0.25) is 0 Å². The summed E-state index contributed by atoms with van der Waals surface area (Å²) in [7, 11) is 1.83. The van der Waals surface area contributed by atoms with E-state index in [-0.39, 0.29) is 6.61 Å². The molecule has 0 unspecified atom stereocenters. The number of benzene rings is 1. The van der Waals surface area contributed by atoms with Gasteiger partial charge in [-0.15, -0.1) is 0 Å². The van der Waals surface area contributed by atoms with Crippen LogP contribution in [0.25, 0.3) is 0 Å². The molecule has 0 saturated heterocycles. The first-order valence-corrected chi connectivity index (χ1v) is 6.07. The molecule has 1 aromatic carbocycles. The molecule has 0 saturated carbocycles. The zero-order valence-electron chi connectivity index (χ0n) is 11.4. The third-order valence-corrected chi connectivity index (χ3v) is 2.25. The van der Waals surface area contributed by atoms with E-state index in [0.717, 1.165) is 17.7 Å². The van der Waals surface area contributed by atoms with E-state index in [9.17, 15) is 4.79 Å². The van der Waals surface area contributed by atoms with Gasteiger partial charge in [0.05, 0.1) is 5.69 Å². The fourth-order valence-corrected chi connectivity index (χ4v) is 1.35. The Morgan fingerprint density at radius 2 is 2.00 bits per heavy atom. The standard InChI is InChI=1S/C12H17NO2.C2H6/c1-9(2)10-4-5-11(13-3)12(8-10)15-7-6-14;1-2/h4-6,8-9,13H,7H2,1-3H3;1-2H3. The highest BCUT2D eigenvalue weighted by Crippen LogP contribution is 2.28. The SMILES string of the molecule is CC.CNc1ccc(C(C)C)cc1OCC=O. The molecule has 3 heteroatoms. The second-order valence-corrected chi connectivity index (χ2v) is 3.64. The lowest BCUT2D eigenvalue weighted by atomic mass is 10.0. The van der Waals surface area contributed by atoms with Gasteiger partial charge in [-0.1, -0.05) is 33.8 Å². The molecular formula is C14H23NO2. The van der Waals surface area contributed by atoms with Gasteiger partial charge in [-0.05, 0) is 23.6 Å². The van der Waals surface area contributed by atoms with Gasteiger partial charge >= 0.3 is 0 Å². The molecule has 17 heavy (non-hydrogen) atoms. The van der Waals surface area contributed by atoms with Crippen LogP contribution < -0.4 is 10.1 Å². The third-order valence-electron chi connectivity index (χ3n) is 2.25. The van der Waals surface area contributed by atoms with E-state index in [0.29, 0.717) is 5.92 Å². The number of carbonyl (C=O) groups is 1. The molecule has 0 fully saturated rings. The van der Waals surface area contributed by atoms with Crippen molar-refractivity contribution in [2.75, 3.05) is 19.0 Å². The maximum atomic E-state index is 10.3. The zero-order chi connectivity index (χ0) is 13.3. The Morgan fingerprint density at radius 3 is 2.47 bits per heavy atom. The van der Waals surface area contributed by atoms with Crippen LogP contribution >= 0.6 is 0 Å². The number of ether oxygens (including phenoxy) is 1. The van der Waals surface area contributed by atoms with Crippen LogP contribution in [0.3, 0.4) is 0 Å². The van der Waals surface area contributed by atoms with E-state index in [4.69, 9.17) is 4.74 Å². The summed E-state index contributed by atoms with van der Waals surface area (Å²) in [6.45, 7) is 8.34. The van der Waals surface area contributed by atoms with Crippen LogP contribution in [0, 0.1) is 0 Å².